The minimum atomic E-state index is -0.656. The van der Waals surface area contributed by atoms with Crippen LogP contribution in [0.2, 0.25) is 5.02 Å². The number of hydrogen-bond acceptors (Lipinski definition) is 6. The maximum Gasteiger partial charge on any atom is 0.338 e. The Balaban J connectivity index is 2.03. The van der Waals surface area contributed by atoms with Gasteiger partial charge in [0.2, 0.25) is 0 Å². The summed E-state index contributed by atoms with van der Waals surface area (Å²) in [7, 11) is 2.94. The van der Waals surface area contributed by atoms with E-state index in [0.717, 1.165) is 0 Å². The van der Waals surface area contributed by atoms with Crippen LogP contribution in [0.4, 0.5) is 0 Å². The number of benzene rings is 2. The van der Waals surface area contributed by atoms with E-state index in [2.05, 4.69) is 6.58 Å². The van der Waals surface area contributed by atoms with Crippen molar-refractivity contribution in [1.29, 1.82) is 0 Å². The molecule has 2 aromatic rings. The van der Waals surface area contributed by atoms with Gasteiger partial charge in [0.1, 0.15) is 12.4 Å². The molecule has 0 radical (unpaired) electrons. The Kier molecular flexibility index (Phi) is 7.25. The fourth-order valence-corrected chi connectivity index (χ4v) is 2.46. The van der Waals surface area contributed by atoms with Crippen molar-refractivity contribution in [2.75, 3.05) is 27.4 Å². The molecule has 0 bridgehead atoms. The number of rotatable bonds is 9. The first kappa shape index (κ1) is 20.3. The second-order valence-corrected chi connectivity index (χ2v) is 5.72. The molecule has 2 aromatic carbocycles. The van der Waals surface area contributed by atoms with Crippen molar-refractivity contribution in [2.45, 2.75) is 0 Å². The molecular formula is C20H19ClO6. The maximum atomic E-state index is 12.2. The standard InChI is InChI=1S/C20H19ClO6/c1-4-9-26-18-8-6-14(11-19(18)25-3)20(23)27-12-16(22)13-5-7-17(24-2)15(21)10-13/h4-8,10-11H,1,9,12H2,2-3H3. The molecule has 0 spiro atoms. The molecule has 0 fully saturated rings. The van der Waals surface area contributed by atoms with Crippen LogP contribution in [0.3, 0.4) is 0 Å². The summed E-state index contributed by atoms with van der Waals surface area (Å²) < 4.78 is 20.8. The van der Waals surface area contributed by atoms with Crippen molar-refractivity contribution in [3.8, 4) is 17.2 Å². The monoisotopic (exact) mass is 390 g/mol. The van der Waals surface area contributed by atoms with E-state index in [4.69, 9.17) is 30.5 Å². The smallest absolute Gasteiger partial charge is 0.338 e. The van der Waals surface area contributed by atoms with Crippen molar-refractivity contribution in [3.63, 3.8) is 0 Å². The van der Waals surface area contributed by atoms with Gasteiger partial charge < -0.3 is 18.9 Å². The summed E-state index contributed by atoms with van der Waals surface area (Å²) in [5, 5.41) is 0.300. The number of Topliss-reactive ketones (excluding diaryl/α,β-unsaturated/α-hetero) is 1. The molecule has 6 nitrogen and oxygen atoms in total. The zero-order chi connectivity index (χ0) is 19.8. The van der Waals surface area contributed by atoms with E-state index >= 15 is 0 Å². The summed E-state index contributed by atoms with van der Waals surface area (Å²) in [6.07, 6.45) is 1.60. The average Bonchev–Trinajstić information content (AvgIpc) is 2.69. The minimum absolute atomic E-state index is 0.235. The fourth-order valence-electron chi connectivity index (χ4n) is 2.20. The van der Waals surface area contributed by atoms with Crippen LogP contribution in [0.1, 0.15) is 20.7 Å². The number of ether oxygens (including phenoxy) is 4. The Labute approximate surface area is 162 Å². The van der Waals surface area contributed by atoms with Gasteiger partial charge in [0.05, 0.1) is 24.8 Å². The van der Waals surface area contributed by atoms with Crippen LogP contribution in [-0.2, 0) is 4.74 Å². The van der Waals surface area contributed by atoms with Gasteiger partial charge in [-0.15, -0.1) is 0 Å². The van der Waals surface area contributed by atoms with Crippen LogP contribution in [0.15, 0.2) is 49.1 Å². The lowest BCUT2D eigenvalue weighted by Gasteiger charge is -2.11. The van der Waals surface area contributed by atoms with Gasteiger partial charge in [-0.3, -0.25) is 4.79 Å². The Morgan fingerprint density at radius 3 is 2.30 bits per heavy atom. The molecule has 142 valence electrons. The van der Waals surface area contributed by atoms with Gasteiger partial charge in [0.25, 0.3) is 0 Å². The van der Waals surface area contributed by atoms with E-state index < -0.39 is 12.6 Å². The highest BCUT2D eigenvalue weighted by molar-refractivity contribution is 6.32. The molecule has 0 atom stereocenters. The lowest BCUT2D eigenvalue weighted by atomic mass is 10.1. The summed E-state index contributed by atoms with van der Waals surface area (Å²) >= 11 is 6.00. The van der Waals surface area contributed by atoms with Crippen LogP contribution >= 0.6 is 11.6 Å². The third-order valence-corrected chi connectivity index (χ3v) is 3.86. The molecule has 0 aromatic heterocycles. The highest BCUT2D eigenvalue weighted by Gasteiger charge is 2.15. The molecule has 7 heteroatoms. The third-order valence-electron chi connectivity index (χ3n) is 3.56. The summed E-state index contributed by atoms with van der Waals surface area (Å²) in [6, 6.07) is 9.18. The lowest BCUT2D eigenvalue weighted by Crippen LogP contribution is -2.14. The molecule has 2 rings (SSSR count). The minimum Gasteiger partial charge on any atom is -0.495 e. The molecule has 0 saturated carbocycles. The summed E-state index contributed by atoms with van der Waals surface area (Å²) in [5.41, 5.74) is 0.553. The van der Waals surface area contributed by atoms with Crippen LogP contribution in [-0.4, -0.2) is 39.2 Å². The number of halogens is 1. The van der Waals surface area contributed by atoms with E-state index in [9.17, 15) is 9.59 Å². The van der Waals surface area contributed by atoms with Crippen molar-refractivity contribution < 1.29 is 28.5 Å². The first-order valence-electron chi connectivity index (χ1n) is 7.95. The molecule has 0 unspecified atom stereocenters. The quantitative estimate of drug-likeness (QED) is 0.366. The van der Waals surface area contributed by atoms with Gasteiger partial charge in [-0.25, -0.2) is 4.79 Å². The van der Waals surface area contributed by atoms with Crippen LogP contribution in [0, 0.1) is 0 Å². The molecule has 0 heterocycles. The first-order chi connectivity index (χ1) is 13.0. The number of methoxy groups -OCH3 is 2. The Morgan fingerprint density at radius 1 is 1.00 bits per heavy atom. The summed E-state index contributed by atoms with van der Waals surface area (Å²) in [4.78, 5) is 24.4. The second kappa shape index (κ2) is 9.64. The molecular weight excluding hydrogens is 372 g/mol. The van der Waals surface area contributed by atoms with Gasteiger partial charge in [-0.1, -0.05) is 24.3 Å². The first-order valence-corrected chi connectivity index (χ1v) is 8.33. The van der Waals surface area contributed by atoms with Gasteiger partial charge in [-0.2, -0.15) is 0 Å². The van der Waals surface area contributed by atoms with Gasteiger partial charge in [0, 0.05) is 5.56 Å². The van der Waals surface area contributed by atoms with Crippen molar-refractivity contribution >= 4 is 23.4 Å². The maximum absolute atomic E-state index is 12.2. The van der Waals surface area contributed by atoms with Crippen molar-refractivity contribution in [2.24, 2.45) is 0 Å². The van der Waals surface area contributed by atoms with Crippen LogP contribution in [0.5, 0.6) is 17.2 Å². The van der Waals surface area contributed by atoms with Crippen LogP contribution in [0.25, 0.3) is 0 Å². The SMILES string of the molecule is C=CCOc1ccc(C(=O)OCC(=O)c2ccc(OC)c(Cl)c2)cc1OC. The Bertz CT molecular complexity index is 846. The fraction of sp³-hybridized carbons (Fsp3) is 0.200. The number of carbonyl (C=O) groups is 2. The topological polar surface area (TPSA) is 71.1 Å². The molecule has 0 N–H and O–H groups in total. The summed E-state index contributed by atoms with van der Waals surface area (Å²) in [5.74, 6) is 0.260. The second-order valence-electron chi connectivity index (χ2n) is 5.31. The normalized spacial score (nSPS) is 10.0. The highest BCUT2D eigenvalue weighted by Crippen LogP contribution is 2.28. The van der Waals surface area contributed by atoms with Crippen molar-refractivity contribution in [1.82, 2.24) is 0 Å². The Hall–Kier alpha value is -2.99. The number of carbonyl (C=O) groups excluding carboxylic acids is 2. The lowest BCUT2D eigenvalue weighted by molar-refractivity contribution is 0.0474. The molecule has 27 heavy (non-hydrogen) atoms. The highest BCUT2D eigenvalue weighted by atomic mass is 35.5. The van der Waals surface area contributed by atoms with E-state index in [0.29, 0.717) is 34.4 Å². The zero-order valence-corrected chi connectivity index (χ0v) is 15.7. The van der Waals surface area contributed by atoms with E-state index in [1.807, 2.05) is 0 Å². The molecule has 0 aliphatic heterocycles. The molecule has 0 saturated heterocycles. The predicted octanol–water partition coefficient (Wildman–Crippen LogP) is 3.96. The van der Waals surface area contributed by atoms with Crippen molar-refractivity contribution in [3.05, 3.63) is 65.2 Å². The summed E-state index contributed by atoms with van der Waals surface area (Å²) in [6.45, 7) is 3.46. The molecule has 0 amide bonds. The third kappa shape index (κ3) is 5.24. The van der Waals surface area contributed by atoms with E-state index in [1.165, 1.54) is 32.4 Å². The largest absolute Gasteiger partial charge is 0.495 e. The van der Waals surface area contributed by atoms with E-state index in [1.54, 1.807) is 24.3 Å². The average molecular weight is 391 g/mol. The predicted molar refractivity (Wildman–Crippen MR) is 101 cm³/mol. The number of ketones is 1. The number of hydrogen-bond donors (Lipinski definition) is 0. The van der Waals surface area contributed by atoms with Gasteiger partial charge >= 0.3 is 5.97 Å². The number of esters is 1. The van der Waals surface area contributed by atoms with Crippen LogP contribution < -0.4 is 14.2 Å². The Morgan fingerprint density at radius 2 is 1.67 bits per heavy atom. The van der Waals surface area contributed by atoms with E-state index in [-0.39, 0.29) is 11.3 Å². The zero-order valence-electron chi connectivity index (χ0n) is 15.0. The van der Waals surface area contributed by atoms with Gasteiger partial charge in [0.15, 0.2) is 23.9 Å². The van der Waals surface area contributed by atoms with Gasteiger partial charge in [-0.05, 0) is 36.4 Å². The molecule has 0 aliphatic rings. The molecule has 0 aliphatic carbocycles.